The van der Waals surface area contributed by atoms with E-state index in [1.165, 1.54) is 29.8 Å². The lowest BCUT2D eigenvalue weighted by atomic mass is 10.1. The van der Waals surface area contributed by atoms with Crippen molar-refractivity contribution >= 4 is 15.9 Å². The van der Waals surface area contributed by atoms with Crippen LogP contribution < -0.4 is 5.32 Å². The van der Waals surface area contributed by atoms with E-state index in [2.05, 4.69) is 15.4 Å². The van der Waals surface area contributed by atoms with Gasteiger partial charge in [-0.15, -0.1) is 0 Å². The molecule has 2 aromatic carbocycles. The predicted molar refractivity (Wildman–Crippen MR) is 114 cm³/mol. The van der Waals surface area contributed by atoms with E-state index < -0.39 is 10.0 Å². The van der Waals surface area contributed by atoms with Gasteiger partial charge in [0, 0.05) is 18.7 Å². The van der Waals surface area contributed by atoms with Gasteiger partial charge in [0.05, 0.1) is 16.6 Å². The first-order valence-electron chi connectivity index (χ1n) is 9.54. The van der Waals surface area contributed by atoms with Crippen LogP contribution in [0, 0.1) is 0 Å². The van der Waals surface area contributed by atoms with Gasteiger partial charge in [0.15, 0.2) is 0 Å². The molecule has 30 heavy (non-hydrogen) atoms. The van der Waals surface area contributed by atoms with Crippen LogP contribution in [0.25, 0.3) is 5.69 Å². The van der Waals surface area contributed by atoms with Gasteiger partial charge in [0.25, 0.3) is 5.91 Å². The summed E-state index contributed by atoms with van der Waals surface area (Å²) < 4.78 is 28.3. The standard InChI is InChI=1S/C21H25N5O3S/c1-15(2)25(4)30(28,29)20-7-5-6-18(12-20)21(27)24-16(3)17-8-10-19(11-9-17)26-14-22-13-23-26/h5-16H,1-4H3,(H,24,27). The summed E-state index contributed by atoms with van der Waals surface area (Å²) in [4.78, 5) is 16.7. The summed E-state index contributed by atoms with van der Waals surface area (Å²) >= 11 is 0. The molecule has 0 saturated heterocycles. The Kier molecular flexibility index (Phi) is 6.33. The van der Waals surface area contributed by atoms with Gasteiger partial charge >= 0.3 is 0 Å². The second kappa shape index (κ2) is 8.76. The number of rotatable bonds is 7. The number of carbonyl (C=O) groups is 1. The number of amides is 1. The average Bonchev–Trinajstić information content (AvgIpc) is 3.28. The van der Waals surface area contributed by atoms with Crippen molar-refractivity contribution in [2.24, 2.45) is 0 Å². The zero-order valence-electron chi connectivity index (χ0n) is 17.4. The second-order valence-corrected chi connectivity index (χ2v) is 9.27. The largest absolute Gasteiger partial charge is 0.346 e. The molecule has 0 fully saturated rings. The highest BCUT2D eigenvalue weighted by Gasteiger charge is 2.24. The molecule has 158 valence electrons. The van der Waals surface area contributed by atoms with Crippen LogP contribution in [0.4, 0.5) is 0 Å². The van der Waals surface area contributed by atoms with Gasteiger partial charge in [0.1, 0.15) is 12.7 Å². The molecular weight excluding hydrogens is 402 g/mol. The first-order chi connectivity index (χ1) is 14.2. The summed E-state index contributed by atoms with van der Waals surface area (Å²) in [5, 5.41) is 7.00. The van der Waals surface area contributed by atoms with Crippen molar-refractivity contribution in [3.8, 4) is 5.69 Å². The Morgan fingerprint density at radius 3 is 2.40 bits per heavy atom. The van der Waals surface area contributed by atoms with Crippen molar-refractivity contribution in [3.63, 3.8) is 0 Å². The molecule has 0 aliphatic rings. The molecule has 1 aromatic heterocycles. The van der Waals surface area contributed by atoms with Gasteiger partial charge in [-0.2, -0.15) is 9.40 Å². The summed E-state index contributed by atoms with van der Waals surface area (Å²) in [6, 6.07) is 13.2. The van der Waals surface area contributed by atoms with Gasteiger partial charge in [-0.25, -0.2) is 18.1 Å². The van der Waals surface area contributed by atoms with Crippen molar-refractivity contribution in [2.45, 2.75) is 37.8 Å². The predicted octanol–water partition coefficient (Wildman–Crippen LogP) is 2.79. The normalized spacial score (nSPS) is 12.9. The zero-order chi connectivity index (χ0) is 21.9. The Hall–Kier alpha value is -3.04. The van der Waals surface area contributed by atoms with E-state index in [1.54, 1.807) is 37.0 Å². The van der Waals surface area contributed by atoms with Crippen LogP contribution in [0.2, 0.25) is 0 Å². The zero-order valence-corrected chi connectivity index (χ0v) is 18.2. The number of carbonyl (C=O) groups excluding carboxylic acids is 1. The topological polar surface area (TPSA) is 97.2 Å². The van der Waals surface area contributed by atoms with Gasteiger partial charge in [-0.3, -0.25) is 4.79 Å². The lowest BCUT2D eigenvalue weighted by Gasteiger charge is -2.21. The fourth-order valence-corrected chi connectivity index (χ4v) is 4.28. The summed E-state index contributed by atoms with van der Waals surface area (Å²) in [7, 11) is -2.14. The van der Waals surface area contributed by atoms with Crippen molar-refractivity contribution < 1.29 is 13.2 Å². The summed E-state index contributed by atoms with van der Waals surface area (Å²) in [5.41, 5.74) is 2.07. The Balaban J connectivity index is 1.74. The third kappa shape index (κ3) is 4.58. The van der Waals surface area contributed by atoms with E-state index in [4.69, 9.17) is 0 Å². The smallest absolute Gasteiger partial charge is 0.251 e. The third-order valence-corrected chi connectivity index (χ3v) is 6.95. The highest BCUT2D eigenvalue weighted by atomic mass is 32.2. The minimum atomic E-state index is -3.66. The number of nitrogens with zero attached hydrogens (tertiary/aromatic N) is 4. The van der Waals surface area contributed by atoms with E-state index >= 15 is 0 Å². The van der Waals surface area contributed by atoms with Crippen LogP contribution in [-0.4, -0.2) is 46.5 Å². The summed E-state index contributed by atoms with van der Waals surface area (Å²) in [6.07, 6.45) is 3.07. The lowest BCUT2D eigenvalue weighted by Crippen LogP contribution is -2.33. The van der Waals surface area contributed by atoms with Crippen molar-refractivity contribution in [1.82, 2.24) is 24.4 Å². The fraction of sp³-hybridized carbons (Fsp3) is 0.286. The van der Waals surface area contributed by atoms with Gasteiger partial charge in [-0.1, -0.05) is 18.2 Å². The Bertz CT molecular complexity index is 1110. The molecule has 9 heteroatoms. The van der Waals surface area contributed by atoms with Crippen molar-refractivity contribution in [1.29, 1.82) is 0 Å². The van der Waals surface area contributed by atoms with E-state index in [0.717, 1.165) is 11.3 Å². The first-order valence-corrected chi connectivity index (χ1v) is 11.0. The maximum atomic E-state index is 12.7. The number of aromatic nitrogens is 3. The van der Waals surface area contributed by atoms with Crippen LogP contribution >= 0.6 is 0 Å². The van der Waals surface area contributed by atoms with Crippen LogP contribution in [0.5, 0.6) is 0 Å². The van der Waals surface area contributed by atoms with Gasteiger partial charge in [0.2, 0.25) is 10.0 Å². The quantitative estimate of drug-likeness (QED) is 0.625. The molecule has 0 radical (unpaired) electrons. The van der Waals surface area contributed by atoms with Gasteiger partial charge in [-0.05, 0) is 56.7 Å². The van der Waals surface area contributed by atoms with Crippen molar-refractivity contribution in [3.05, 3.63) is 72.3 Å². The Morgan fingerprint density at radius 1 is 1.10 bits per heavy atom. The molecule has 1 N–H and O–H groups in total. The molecule has 8 nitrogen and oxygen atoms in total. The maximum absolute atomic E-state index is 12.7. The van der Waals surface area contributed by atoms with Crippen LogP contribution in [0.15, 0.2) is 66.1 Å². The van der Waals surface area contributed by atoms with Crippen LogP contribution in [0.3, 0.4) is 0 Å². The van der Waals surface area contributed by atoms with Crippen molar-refractivity contribution in [2.75, 3.05) is 7.05 Å². The number of nitrogens with one attached hydrogen (secondary N) is 1. The Labute approximate surface area is 176 Å². The molecule has 0 aliphatic heterocycles. The number of hydrogen-bond donors (Lipinski definition) is 1. The molecule has 1 atom stereocenters. The van der Waals surface area contributed by atoms with E-state index in [9.17, 15) is 13.2 Å². The fourth-order valence-electron chi connectivity index (χ4n) is 2.86. The molecule has 1 heterocycles. The summed E-state index contributed by atoms with van der Waals surface area (Å²) in [5.74, 6) is -0.341. The SMILES string of the molecule is CC(NC(=O)c1cccc(S(=O)(=O)N(C)C(C)C)c1)c1ccc(-n2cncn2)cc1. The van der Waals surface area contributed by atoms with Crippen LogP contribution in [0.1, 0.15) is 42.7 Å². The Morgan fingerprint density at radius 2 is 1.80 bits per heavy atom. The molecule has 3 rings (SSSR count). The first kappa shape index (κ1) is 21.7. The second-order valence-electron chi connectivity index (χ2n) is 7.27. The van der Waals surface area contributed by atoms with Gasteiger partial charge < -0.3 is 5.32 Å². The average molecular weight is 428 g/mol. The molecule has 0 aliphatic carbocycles. The molecule has 1 unspecified atom stereocenters. The van der Waals surface area contributed by atoms with E-state index in [-0.39, 0.29) is 22.9 Å². The molecule has 1 amide bonds. The highest BCUT2D eigenvalue weighted by molar-refractivity contribution is 7.89. The lowest BCUT2D eigenvalue weighted by molar-refractivity contribution is 0.0939. The molecular formula is C21H25N5O3S. The molecule has 0 spiro atoms. The minimum absolute atomic E-state index is 0.0937. The van der Waals surface area contributed by atoms with Crippen LogP contribution in [-0.2, 0) is 10.0 Å². The monoisotopic (exact) mass is 427 g/mol. The van der Waals surface area contributed by atoms with E-state index in [0.29, 0.717) is 5.56 Å². The maximum Gasteiger partial charge on any atom is 0.251 e. The molecule has 3 aromatic rings. The molecule has 0 saturated carbocycles. The highest BCUT2D eigenvalue weighted by Crippen LogP contribution is 2.19. The molecule has 0 bridgehead atoms. The van der Waals surface area contributed by atoms with E-state index in [1.807, 2.05) is 31.2 Å². The number of hydrogen-bond acceptors (Lipinski definition) is 5. The summed E-state index contributed by atoms with van der Waals surface area (Å²) in [6.45, 7) is 5.46. The third-order valence-electron chi connectivity index (χ3n) is 4.92. The number of benzene rings is 2. The number of sulfonamides is 1. The minimum Gasteiger partial charge on any atom is -0.346 e.